The highest BCUT2D eigenvalue weighted by Gasteiger charge is 2.44. The number of nitrogen functional groups attached to an aromatic ring is 1. The van der Waals surface area contributed by atoms with Gasteiger partial charge in [0.2, 0.25) is 0 Å². The van der Waals surface area contributed by atoms with Crippen molar-refractivity contribution in [3.8, 4) is 11.3 Å². The van der Waals surface area contributed by atoms with E-state index in [1.54, 1.807) is 36.0 Å². The number of nitrogens with one attached hydrogen (secondary N) is 2. The summed E-state index contributed by atoms with van der Waals surface area (Å²) in [7, 11) is 0. The molecule has 0 saturated carbocycles. The lowest BCUT2D eigenvalue weighted by Gasteiger charge is -2.37. The van der Waals surface area contributed by atoms with Crippen molar-refractivity contribution >= 4 is 35.5 Å². The van der Waals surface area contributed by atoms with Crippen LogP contribution in [0.15, 0.2) is 59.6 Å². The summed E-state index contributed by atoms with van der Waals surface area (Å²) in [5.41, 5.74) is 7.99. The number of amides is 3. The van der Waals surface area contributed by atoms with Gasteiger partial charge < -0.3 is 26.4 Å². The first-order chi connectivity index (χ1) is 19.0. The molecule has 40 heavy (non-hydrogen) atoms. The third-order valence-corrected chi connectivity index (χ3v) is 7.64. The number of carbonyl (C=O) groups excluding carboxylic acids is 2. The smallest absolute Gasteiger partial charge is 0.407 e. The maximum Gasteiger partial charge on any atom is 0.407 e. The standard InChI is InChI=1S/C29H34N6O4S/c1-29(2,3)24-21(12-13-35(24)28(38)39)34-27(37)23-25(30)31-16-22(33-23)18-6-5-7-19(14-18)26(36)32-15-17-8-10-20(40-4)11-9-17/h5-11,14,16,21,24H,12-13,15H2,1-4H3,(H2,30,31)(H,32,36)(H,34,37)(H,38,39)/t21-,24?/m0/s1. The van der Waals surface area contributed by atoms with Crippen molar-refractivity contribution in [2.24, 2.45) is 5.41 Å². The Bertz CT molecular complexity index is 1410. The summed E-state index contributed by atoms with van der Waals surface area (Å²) < 4.78 is 0. The number of nitrogens with two attached hydrogens (primary N) is 1. The number of rotatable bonds is 7. The fourth-order valence-electron chi connectivity index (χ4n) is 5.02. The van der Waals surface area contributed by atoms with E-state index in [1.165, 1.54) is 11.1 Å². The largest absolute Gasteiger partial charge is 0.465 e. The summed E-state index contributed by atoms with van der Waals surface area (Å²) in [5, 5.41) is 15.5. The third-order valence-electron chi connectivity index (χ3n) is 6.90. The minimum Gasteiger partial charge on any atom is -0.465 e. The van der Waals surface area contributed by atoms with Gasteiger partial charge in [-0.15, -0.1) is 11.8 Å². The van der Waals surface area contributed by atoms with Gasteiger partial charge in [-0.3, -0.25) is 9.59 Å². The summed E-state index contributed by atoms with van der Waals surface area (Å²) in [6.45, 7) is 6.53. The quantitative estimate of drug-likeness (QED) is 0.312. The van der Waals surface area contributed by atoms with Gasteiger partial charge in [-0.25, -0.2) is 14.8 Å². The van der Waals surface area contributed by atoms with Crippen LogP contribution in [0.3, 0.4) is 0 Å². The highest BCUT2D eigenvalue weighted by molar-refractivity contribution is 7.98. The lowest BCUT2D eigenvalue weighted by molar-refractivity contribution is 0.0823. The summed E-state index contributed by atoms with van der Waals surface area (Å²) in [4.78, 5) is 49.1. The van der Waals surface area contributed by atoms with E-state index < -0.39 is 29.5 Å². The number of thioether (sulfide) groups is 1. The van der Waals surface area contributed by atoms with Crippen molar-refractivity contribution in [1.82, 2.24) is 25.5 Å². The Morgan fingerprint density at radius 2 is 1.85 bits per heavy atom. The molecule has 0 aliphatic carbocycles. The van der Waals surface area contributed by atoms with Crippen LogP contribution in [-0.2, 0) is 6.54 Å². The van der Waals surface area contributed by atoms with E-state index in [1.807, 2.05) is 51.3 Å². The van der Waals surface area contributed by atoms with Gasteiger partial charge in [0.25, 0.3) is 11.8 Å². The zero-order chi connectivity index (χ0) is 29.0. The normalized spacial score (nSPS) is 16.9. The zero-order valence-corrected chi connectivity index (χ0v) is 23.8. The number of likely N-dealkylation sites (tertiary alicyclic amines) is 1. The van der Waals surface area contributed by atoms with Gasteiger partial charge >= 0.3 is 6.09 Å². The molecular formula is C29H34N6O4S. The van der Waals surface area contributed by atoms with Gasteiger partial charge in [-0.2, -0.15) is 0 Å². The van der Waals surface area contributed by atoms with Crippen molar-refractivity contribution in [2.75, 3.05) is 18.5 Å². The highest BCUT2D eigenvalue weighted by atomic mass is 32.2. The van der Waals surface area contributed by atoms with Crippen molar-refractivity contribution in [1.29, 1.82) is 0 Å². The van der Waals surface area contributed by atoms with Crippen LogP contribution < -0.4 is 16.4 Å². The second kappa shape index (κ2) is 12.0. The predicted octanol–water partition coefficient (Wildman–Crippen LogP) is 4.27. The Kier molecular flexibility index (Phi) is 8.63. The molecule has 1 fully saturated rings. The number of anilines is 1. The SMILES string of the molecule is CSc1ccc(CNC(=O)c2cccc(-c3cnc(N)c(C(=O)N[C@H]4CCN(C(=O)O)C4C(C)(C)C)n3)c2)cc1. The van der Waals surface area contributed by atoms with Gasteiger partial charge in [0.15, 0.2) is 11.5 Å². The number of carboxylic acid groups (broad SMARTS) is 1. The number of hydrogen-bond donors (Lipinski definition) is 4. The molecular weight excluding hydrogens is 528 g/mol. The minimum atomic E-state index is -1.02. The molecule has 0 spiro atoms. The molecule has 1 aromatic heterocycles. The first-order valence-electron chi connectivity index (χ1n) is 12.9. The molecule has 1 unspecified atom stereocenters. The lowest BCUT2D eigenvalue weighted by atomic mass is 9.82. The molecule has 1 aliphatic rings. The van der Waals surface area contributed by atoms with Gasteiger partial charge in [0.05, 0.1) is 24.0 Å². The van der Waals surface area contributed by atoms with Gasteiger partial charge in [0, 0.05) is 29.1 Å². The molecule has 10 nitrogen and oxygen atoms in total. The van der Waals surface area contributed by atoms with Crippen LogP contribution in [0.5, 0.6) is 0 Å². The van der Waals surface area contributed by atoms with Crippen molar-refractivity contribution in [2.45, 2.75) is 50.7 Å². The number of aromatic nitrogens is 2. The van der Waals surface area contributed by atoms with E-state index in [2.05, 4.69) is 20.6 Å². The Balaban J connectivity index is 1.49. The fourth-order valence-corrected chi connectivity index (χ4v) is 5.43. The average molecular weight is 563 g/mol. The number of benzene rings is 2. The van der Waals surface area contributed by atoms with E-state index >= 15 is 0 Å². The number of carbonyl (C=O) groups is 3. The summed E-state index contributed by atoms with van der Waals surface area (Å²) in [6, 6.07) is 14.1. The zero-order valence-electron chi connectivity index (χ0n) is 23.0. The Morgan fingerprint density at radius 1 is 1.12 bits per heavy atom. The van der Waals surface area contributed by atoms with Crippen LogP contribution in [0, 0.1) is 5.41 Å². The summed E-state index contributed by atoms with van der Waals surface area (Å²) >= 11 is 1.66. The highest BCUT2D eigenvalue weighted by Crippen LogP contribution is 2.33. The molecule has 2 heterocycles. The van der Waals surface area contributed by atoms with Crippen LogP contribution in [0.1, 0.15) is 53.6 Å². The molecule has 1 aliphatic heterocycles. The van der Waals surface area contributed by atoms with Crippen molar-refractivity contribution in [3.63, 3.8) is 0 Å². The first-order valence-corrected chi connectivity index (χ1v) is 14.1. The summed E-state index contributed by atoms with van der Waals surface area (Å²) in [5.74, 6) is -0.808. The van der Waals surface area contributed by atoms with Crippen LogP contribution in [0.4, 0.5) is 10.6 Å². The van der Waals surface area contributed by atoms with E-state index in [4.69, 9.17) is 5.73 Å². The Morgan fingerprint density at radius 3 is 2.50 bits per heavy atom. The monoisotopic (exact) mass is 562 g/mol. The van der Waals surface area contributed by atoms with E-state index in [0.717, 1.165) is 10.5 Å². The first kappa shape index (κ1) is 28.9. The predicted molar refractivity (Wildman–Crippen MR) is 155 cm³/mol. The van der Waals surface area contributed by atoms with Crippen LogP contribution in [0.25, 0.3) is 11.3 Å². The van der Waals surface area contributed by atoms with Crippen LogP contribution in [-0.4, -0.2) is 62.8 Å². The van der Waals surface area contributed by atoms with Crippen LogP contribution >= 0.6 is 11.8 Å². The van der Waals surface area contributed by atoms with E-state index in [-0.39, 0.29) is 17.4 Å². The molecule has 210 valence electrons. The molecule has 3 amide bonds. The molecule has 0 radical (unpaired) electrons. The van der Waals surface area contributed by atoms with Gasteiger partial charge in [0.1, 0.15) is 0 Å². The molecule has 4 rings (SSSR count). The fraction of sp³-hybridized carbons (Fsp3) is 0.345. The van der Waals surface area contributed by atoms with Crippen LogP contribution in [0.2, 0.25) is 0 Å². The molecule has 2 aromatic carbocycles. The lowest BCUT2D eigenvalue weighted by Crippen LogP contribution is -2.53. The maximum absolute atomic E-state index is 13.3. The second-order valence-corrected chi connectivity index (χ2v) is 11.6. The Labute approximate surface area is 237 Å². The number of hydrogen-bond acceptors (Lipinski definition) is 7. The Hall–Kier alpha value is -4.12. The van der Waals surface area contributed by atoms with Crippen molar-refractivity contribution < 1.29 is 19.5 Å². The van der Waals surface area contributed by atoms with E-state index in [0.29, 0.717) is 36.3 Å². The van der Waals surface area contributed by atoms with E-state index in [9.17, 15) is 19.5 Å². The minimum absolute atomic E-state index is 0.0389. The molecule has 2 atom stereocenters. The molecule has 1 saturated heterocycles. The molecule has 0 bridgehead atoms. The number of nitrogens with zero attached hydrogens (tertiary/aromatic N) is 3. The summed E-state index contributed by atoms with van der Waals surface area (Å²) in [6.07, 6.45) is 2.93. The maximum atomic E-state index is 13.3. The van der Waals surface area contributed by atoms with Gasteiger partial charge in [-0.05, 0) is 47.9 Å². The topological polar surface area (TPSA) is 151 Å². The average Bonchev–Trinajstić information content (AvgIpc) is 3.37. The third kappa shape index (κ3) is 6.53. The van der Waals surface area contributed by atoms with Crippen molar-refractivity contribution in [3.05, 3.63) is 71.5 Å². The molecule has 3 aromatic rings. The molecule has 5 N–H and O–H groups in total. The van der Waals surface area contributed by atoms with Gasteiger partial charge in [-0.1, -0.05) is 45.0 Å². The second-order valence-electron chi connectivity index (χ2n) is 10.8. The molecule has 11 heteroatoms.